The van der Waals surface area contributed by atoms with Crippen molar-refractivity contribution in [3.63, 3.8) is 0 Å². The Morgan fingerprint density at radius 2 is 1.06 bits per heavy atom. The molecule has 2 aromatic heterocycles. The van der Waals surface area contributed by atoms with Crippen LogP contribution in [0.4, 0.5) is 17.6 Å². The topological polar surface area (TPSA) is 299 Å². The van der Waals surface area contributed by atoms with Gasteiger partial charge in [0.1, 0.15) is 9.79 Å². The zero-order chi connectivity index (χ0) is 37.5. The number of nitrogens with zero attached hydrogens (tertiary/aromatic N) is 8. The quantitative estimate of drug-likeness (QED) is 0.0182. The summed E-state index contributed by atoms with van der Waals surface area (Å²) in [6, 6.07) is 5.99. The van der Waals surface area contributed by atoms with E-state index in [0.29, 0.717) is 0 Å². The fourth-order valence-corrected chi connectivity index (χ4v) is 6.50. The second kappa shape index (κ2) is 20.6. The van der Waals surface area contributed by atoms with Crippen LogP contribution in [0.25, 0.3) is 34.9 Å². The second-order valence-corrected chi connectivity index (χ2v) is 13.9. The molecule has 8 N–H and O–H groups in total. The maximum absolute atomic E-state index is 12.6. The van der Waals surface area contributed by atoms with Gasteiger partial charge in [0.05, 0.1) is 26.4 Å². The van der Waals surface area contributed by atoms with Crippen molar-refractivity contribution < 1.29 is 105 Å². The van der Waals surface area contributed by atoms with Gasteiger partial charge in [-0.2, -0.15) is 26.8 Å². The van der Waals surface area contributed by atoms with Crippen molar-refractivity contribution >= 4 is 75.2 Å². The van der Waals surface area contributed by atoms with Crippen LogP contribution >= 0.6 is 0 Å². The Balaban J connectivity index is 0.00000486. The van der Waals surface area contributed by atoms with Gasteiger partial charge in [0.2, 0.25) is 11.9 Å². The smallest absolute Gasteiger partial charge is 0.740 e. The summed E-state index contributed by atoms with van der Waals surface area (Å²) >= 11 is 10.3. The average Bonchev–Trinajstić information content (AvgIpc) is 3.05. The SMILES string of the molecule is Nc1cc(-c2nc([S-])nc(N(CCO)CCO)n2)cc(S(=O)(=O)O)c1C=Cc1ccc(-c2nc([S-])nc(N(CCO)CCO)n2)cc1S(=O)(=O)O.[Na+].[Na+]. The summed E-state index contributed by atoms with van der Waals surface area (Å²) in [6.45, 7) is -1.03. The number of rotatable bonds is 16. The van der Waals surface area contributed by atoms with Crippen LogP contribution < -0.4 is 74.6 Å². The van der Waals surface area contributed by atoms with E-state index in [0.717, 1.165) is 24.3 Å². The van der Waals surface area contributed by atoms with Crippen LogP contribution in [0.3, 0.4) is 0 Å². The van der Waals surface area contributed by atoms with E-state index in [9.17, 15) is 46.4 Å². The van der Waals surface area contributed by atoms with Gasteiger partial charge in [0.15, 0.2) is 11.6 Å². The van der Waals surface area contributed by atoms with E-state index in [1.807, 2.05) is 0 Å². The van der Waals surface area contributed by atoms with Crippen LogP contribution in [-0.2, 0) is 45.5 Å². The number of nitrogens with two attached hydrogens (primary N) is 1. The molecule has 4 aromatic rings. The summed E-state index contributed by atoms with van der Waals surface area (Å²) in [6.07, 6.45) is 2.25. The van der Waals surface area contributed by atoms with Crippen molar-refractivity contribution in [2.24, 2.45) is 0 Å². The predicted molar refractivity (Wildman–Crippen MR) is 188 cm³/mol. The van der Waals surface area contributed by atoms with Crippen molar-refractivity contribution in [3.05, 3.63) is 41.5 Å². The minimum atomic E-state index is -4.99. The molecule has 0 aliphatic carbocycles. The molecule has 25 heteroatoms. The molecule has 53 heavy (non-hydrogen) atoms. The first-order chi connectivity index (χ1) is 24.1. The Labute approximate surface area is 359 Å². The molecule has 0 atom stereocenters. The fourth-order valence-electron chi connectivity index (χ4n) is 4.72. The number of benzene rings is 2. The average molecular weight is 828 g/mol. The zero-order valence-corrected chi connectivity index (χ0v) is 35.6. The molecule has 4 rings (SSSR count). The Bertz CT molecular complexity index is 2140. The first-order valence-electron chi connectivity index (χ1n) is 14.6. The van der Waals surface area contributed by atoms with Crippen molar-refractivity contribution in [2.75, 3.05) is 68.1 Å². The minimum Gasteiger partial charge on any atom is -0.740 e. The number of aliphatic hydroxyl groups is 4. The van der Waals surface area contributed by atoms with Gasteiger partial charge in [0, 0.05) is 58.9 Å². The number of hydrogen-bond acceptors (Lipinski definition) is 19. The molecule has 0 bridgehead atoms. The summed E-state index contributed by atoms with van der Waals surface area (Å²) < 4.78 is 70.4. The summed E-state index contributed by atoms with van der Waals surface area (Å²) in [7, 11) is -9.92. The number of anilines is 3. The van der Waals surface area contributed by atoms with Crippen molar-refractivity contribution in [1.82, 2.24) is 29.9 Å². The molecule has 0 unspecified atom stereocenters. The maximum atomic E-state index is 12.6. The minimum absolute atomic E-state index is 0. The van der Waals surface area contributed by atoms with E-state index in [4.69, 9.17) is 31.0 Å². The number of aliphatic hydroxyl groups excluding tert-OH is 4. The molecular weight excluding hydrogens is 797 g/mol. The van der Waals surface area contributed by atoms with E-state index in [1.165, 1.54) is 28.0 Å². The molecule has 0 radical (unpaired) electrons. The molecule has 274 valence electrons. The summed E-state index contributed by atoms with van der Waals surface area (Å²) in [5, 5.41) is 37.2. The van der Waals surface area contributed by atoms with Gasteiger partial charge >= 0.3 is 59.1 Å². The molecule has 2 heterocycles. The third-order valence-electron chi connectivity index (χ3n) is 6.94. The predicted octanol–water partition coefficient (Wildman–Crippen LogP) is -6.96. The number of aromatic nitrogens is 6. The monoisotopic (exact) mass is 827 g/mol. The number of hydrogen-bond donors (Lipinski definition) is 7. The normalized spacial score (nSPS) is 11.6. The van der Waals surface area contributed by atoms with Crippen LogP contribution in [0.2, 0.25) is 0 Å². The largest absolute Gasteiger partial charge is 1.00 e. The van der Waals surface area contributed by atoms with Gasteiger partial charge in [-0.1, -0.05) is 24.3 Å². The van der Waals surface area contributed by atoms with Crippen molar-refractivity contribution in [2.45, 2.75) is 20.1 Å². The van der Waals surface area contributed by atoms with E-state index in [1.54, 1.807) is 0 Å². The van der Waals surface area contributed by atoms with Gasteiger partial charge in [0.25, 0.3) is 20.2 Å². The van der Waals surface area contributed by atoms with E-state index in [2.05, 4.69) is 29.9 Å². The molecule has 0 spiro atoms. The fraction of sp³-hybridized carbons (Fsp3) is 0.286. The molecular formula is C28H31N9Na2O10S4. The second-order valence-electron chi connectivity index (χ2n) is 10.4. The molecule has 0 saturated carbocycles. The van der Waals surface area contributed by atoms with Gasteiger partial charge in [-0.25, -0.2) is 19.9 Å². The summed E-state index contributed by atoms with van der Waals surface area (Å²) in [5.74, 6) is -0.233. The third kappa shape index (κ3) is 12.3. The summed E-state index contributed by atoms with van der Waals surface area (Å²) in [4.78, 5) is 26.2. The zero-order valence-electron chi connectivity index (χ0n) is 28.3. The van der Waals surface area contributed by atoms with Crippen molar-refractivity contribution in [1.29, 1.82) is 0 Å². The van der Waals surface area contributed by atoms with Gasteiger partial charge in [-0.15, -0.1) is 0 Å². The molecule has 0 aliphatic rings. The Kier molecular flexibility index (Phi) is 18.2. The molecule has 19 nitrogen and oxygen atoms in total. The van der Waals surface area contributed by atoms with Gasteiger partial charge < -0.3 is 61.2 Å². The molecule has 0 saturated heterocycles. The molecule has 0 aliphatic heterocycles. The first-order valence-corrected chi connectivity index (χ1v) is 18.3. The Morgan fingerprint density at radius 3 is 1.49 bits per heavy atom. The van der Waals surface area contributed by atoms with Gasteiger partial charge in [-0.3, -0.25) is 9.11 Å². The van der Waals surface area contributed by atoms with Crippen LogP contribution in [0, 0.1) is 0 Å². The standard InChI is InChI=1S/C28H33N9O10S4.2Na/c29-20-13-18(24-31-26(35-28(49)33-24)37(7-11-40)8-12-41)15-22(51(45,46)47)19(20)4-3-16-1-2-17(14-21(16)50(42,43)44)23-30-25(34-27(48)32-23)36(5-9-38)6-10-39;;/h1-4,13-15,38-41H,5-12,29H2,(H,42,43,44)(H,45,46,47)(H,30,32,34,48)(H,31,33,35,49);;/q;2*+1/p-2. The molecule has 0 amide bonds. The third-order valence-corrected chi connectivity index (χ3v) is 9.11. The Morgan fingerprint density at radius 1 is 0.623 bits per heavy atom. The Hall–Kier alpha value is -2.30. The van der Waals surface area contributed by atoms with Crippen LogP contribution in [0.15, 0.2) is 50.4 Å². The van der Waals surface area contributed by atoms with E-state index < -0.39 is 30.0 Å². The van der Waals surface area contributed by atoms with Gasteiger partial charge in [-0.05, 0) is 23.8 Å². The molecule has 0 fully saturated rings. The van der Waals surface area contributed by atoms with Crippen LogP contribution in [0.5, 0.6) is 0 Å². The maximum Gasteiger partial charge on any atom is 1.00 e. The summed E-state index contributed by atoms with van der Waals surface area (Å²) in [5.41, 5.74) is 5.71. The van der Waals surface area contributed by atoms with Crippen molar-refractivity contribution in [3.8, 4) is 22.8 Å². The van der Waals surface area contributed by atoms with E-state index in [-0.39, 0.29) is 174 Å². The van der Waals surface area contributed by atoms with E-state index >= 15 is 0 Å². The first kappa shape index (κ1) is 46.9. The van der Waals surface area contributed by atoms with Crippen LogP contribution in [0.1, 0.15) is 11.1 Å². The number of nitrogen functional groups attached to an aromatic ring is 1. The van der Waals surface area contributed by atoms with Crippen LogP contribution in [-0.4, -0.2) is 129 Å². The molecule has 2 aromatic carbocycles.